The molecule has 0 bridgehead atoms. The second-order valence-corrected chi connectivity index (χ2v) is 11.5. The number of amides is 1. The van der Waals surface area contributed by atoms with E-state index in [0.717, 1.165) is 29.9 Å². The molecule has 1 amide bonds. The van der Waals surface area contributed by atoms with E-state index >= 15 is 0 Å². The van der Waals surface area contributed by atoms with E-state index in [-0.39, 0.29) is 22.9 Å². The molecule has 0 radical (unpaired) electrons. The Labute approximate surface area is 241 Å². The van der Waals surface area contributed by atoms with Crippen LogP contribution in [0.4, 0.5) is 11.4 Å². The van der Waals surface area contributed by atoms with Crippen molar-refractivity contribution >= 4 is 27.3 Å². The molecule has 1 fully saturated rings. The normalized spacial score (nSPS) is 13.4. The molecule has 1 aliphatic heterocycles. The third-order valence-corrected chi connectivity index (χ3v) is 8.77. The maximum atomic E-state index is 14.0. The van der Waals surface area contributed by atoms with Crippen LogP contribution >= 0.6 is 0 Å². The van der Waals surface area contributed by atoms with Crippen molar-refractivity contribution in [1.82, 2.24) is 5.32 Å². The van der Waals surface area contributed by atoms with Crippen LogP contribution in [-0.4, -0.2) is 47.7 Å². The number of ether oxygens (including phenoxy) is 2. The molecule has 0 aliphatic carbocycles. The SMILES string of the molecule is COc1ccc(S(=O)(=O)N(Cc2ccccc2)c2ccccc2C(=O)NCc2ccc(N3CCOCC3)cc2)cc1. The molecule has 8 nitrogen and oxygen atoms in total. The molecular weight excluding hydrogens is 538 g/mol. The van der Waals surface area contributed by atoms with Gasteiger partial charge >= 0.3 is 0 Å². The fourth-order valence-electron chi connectivity index (χ4n) is 4.73. The van der Waals surface area contributed by atoms with Crippen LogP contribution in [0, 0.1) is 0 Å². The summed E-state index contributed by atoms with van der Waals surface area (Å²) in [4.78, 5) is 15.9. The topological polar surface area (TPSA) is 88.2 Å². The minimum absolute atomic E-state index is 0.0580. The predicted molar refractivity (Wildman–Crippen MR) is 160 cm³/mol. The number of carbonyl (C=O) groups excluding carboxylic acids is 1. The number of benzene rings is 4. The molecule has 4 aromatic carbocycles. The molecule has 1 heterocycles. The number of nitrogens with one attached hydrogen (secondary N) is 1. The number of hydrogen-bond donors (Lipinski definition) is 1. The van der Waals surface area contributed by atoms with Crippen molar-refractivity contribution in [2.24, 2.45) is 0 Å². The number of anilines is 2. The number of para-hydroxylation sites is 1. The third kappa shape index (κ3) is 6.70. The summed E-state index contributed by atoms with van der Waals surface area (Å²) in [5, 5.41) is 2.97. The van der Waals surface area contributed by atoms with Crippen LogP contribution in [-0.2, 0) is 27.8 Å². The Kier molecular flexibility index (Phi) is 8.86. The molecular formula is C32H33N3O5S. The minimum Gasteiger partial charge on any atom is -0.497 e. The van der Waals surface area contributed by atoms with Crippen molar-refractivity contribution in [3.05, 3.63) is 120 Å². The van der Waals surface area contributed by atoms with Gasteiger partial charge in [0.05, 0.1) is 43.0 Å². The van der Waals surface area contributed by atoms with Gasteiger partial charge in [-0.3, -0.25) is 9.10 Å². The van der Waals surface area contributed by atoms with Gasteiger partial charge in [-0.1, -0.05) is 54.6 Å². The van der Waals surface area contributed by atoms with Crippen LogP contribution in [0.3, 0.4) is 0 Å². The zero-order chi connectivity index (χ0) is 28.7. The molecule has 1 saturated heterocycles. The van der Waals surface area contributed by atoms with E-state index in [1.807, 2.05) is 54.6 Å². The first kappa shape index (κ1) is 28.2. The quantitative estimate of drug-likeness (QED) is 0.293. The van der Waals surface area contributed by atoms with E-state index in [1.54, 1.807) is 36.4 Å². The number of carbonyl (C=O) groups is 1. The van der Waals surface area contributed by atoms with Crippen LogP contribution in [0.2, 0.25) is 0 Å². The fourth-order valence-corrected chi connectivity index (χ4v) is 6.20. The van der Waals surface area contributed by atoms with Gasteiger partial charge in [-0.05, 0) is 59.7 Å². The number of sulfonamides is 1. The van der Waals surface area contributed by atoms with E-state index in [4.69, 9.17) is 9.47 Å². The van der Waals surface area contributed by atoms with Gasteiger partial charge in [0.1, 0.15) is 5.75 Å². The standard InChI is InChI=1S/C32H33N3O5S/c1-39-28-15-17-29(18-16-28)41(37,38)35(24-26-7-3-2-4-8-26)31-10-6-5-9-30(31)32(36)33-23-25-11-13-27(14-12-25)34-19-21-40-22-20-34/h2-18H,19-24H2,1H3,(H,33,36). The van der Waals surface area contributed by atoms with Gasteiger partial charge in [-0.25, -0.2) is 8.42 Å². The monoisotopic (exact) mass is 571 g/mol. The summed E-state index contributed by atoms with van der Waals surface area (Å²) < 4.78 is 39.9. The Morgan fingerprint density at radius 3 is 2.20 bits per heavy atom. The molecule has 0 saturated carbocycles. The zero-order valence-electron chi connectivity index (χ0n) is 22.9. The summed E-state index contributed by atoms with van der Waals surface area (Å²) in [6.07, 6.45) is 0. The summed E-state index contributed by atoms with van der Waals surface area (Å²) in [5.41, 5.74) is 3.42. The van der Waals surface area contributed by atoms with E-state index in [2.05, 4.69) is 10.2 Å². The predicted octanol–water partition coefficient (Wildman–Crippen LogP) is 4.86. The highest BCUT2D eigenvalue weighted by atomic mass is 32.2. The molecule has 41 heavy (non-hydrogen) atoms. The van der Waals surface area contributed by atoms with E-state index in [9.17, 15) is 13.2 Å². The van der Waals surface area contributed by atoms with Gasteiger partial charge in [0.15, 0.2) is 0 Å². The van der Waals surface area contributed by atoms with Crippen LogP contribution in [0.1, 0.15) is 21.5 Å². The highest BCUT2D eigenvalue weighted by molar-refractivity contribution is 7.92. The number of hydrogen-bond acceptors (Lipinski definition) is 6. The lowest BCUT2D eigenvalue weighted by atomic mass is 10.1. The molecule has 0 spiro atoms. The summed E-state index contributed by atoms with van der Waals surface area (Å²) >= 11 is 0. The van der Waals surface area contributed by atoms with Crippen molar-refractivity contribution in [1.29, 1.82) is 0 Å². The lowest BCUT2D eigenvalue weighted by molar-refractivity contribution is 0.0951. The van der Waals surface area contributed by atoms with Gasteiger partial charge in [0.2, 0.25) is 0 Å². The maximum Gasteiger partial charge on any atom is 0.264 e. The first-order chi connectivity index (χ1) is 20.0. The Morgan fingerprint density at radius 1 is 0.854 bits per heavy atom. The number of methoxy groups -OCH3 is 1. The highest BCUT2D eigenvalue weighted by Gasteiger charge is 2.28. The Hall–Kier alpha value is -4.34. The summed E-state index contributed by atoms with van der Waals surface area (Å²) in [6.45, 7) is 3.50. The smallest absolute Gasteiger partial charge is 0.264 e. The summed E-state index contributed by atoms with van der Waals surface area (Å²) in [7, 11) is -2.51. The highest BCUT2D eigenvalue weighted by Crippen LogP contribution is 2.30. The third-order valence-electron chi connectivity index (χ3n) is 7.00. The summed E-state index contributed by atoms with van der Waals surface area (Å²) in [6, 6.07) is 30.4. The zero-order valence-corrected chi connectivity index (χ0v) is 23.7. The van der Waals surface area contributed by atoms with Gasteiger partial charge in [0.25, 0.3) is 15.9 Å². The van der Waals surface area contributed by atoms with Crippen LogP contribution in [0.5, 0.6) is 5.75 Å². The molecule has 5 rings (SSSR count). The minimum atomic E-state index is -4.03. The lowest BCUT2D eigenvalue weighted by Crippen LogP contribution is -2.36. The lowest BCUT2D eigenvalue weighted by Gasteiger charge is -2.29. The van der Waals surface area contributed by atoms with Gasteiger partial charge in [-0.2, -0.15) is 0 Å². The molecule has 9 heteroatoms. The molecule has 0 aromatic heterocycles. The molecule has 212 valence electrons. The number of nitrogens with zero attached hydrogens (tertiary/aromatic N) is 2. The average molecular weight is 572 g/mol. The maximum absolute atomic E-state index is 14.0. The second-order valence-electron chi connectivity index (χ2n) is 9.64. The van der Waals surface area contributed by atoms with Crippen LogP contribution < -0.4 is 19.3 Å². The Bertz CT molecular complexity index is 1550. The van der Waals surface area contributed by atoms with Gasteiger partial charge in [0, 0.05) is 25.3 Å². The molecule has 1 aliphatic rings. The summed E-state index contributed by atoms with van der Waals surface area (Å²) in [5.74, 6) is 0.192. The van der Waals surface area contributed by atoms with Crippen molar-refractivity contribution in [2.45, 2.75) is 18.0 Å². The average Bonchev–Trinajstić information content (AvgIpc) is 3.03. The second kappa shape index (κ2) is 12.9. The molecule has 0 atom stereocenters. The number of rotatable bonds is 10. The van der Waals surface area contributed by atoms with Gasteiger partial charge in [-0.15, -0.1) is 0 Å². The van der Waals surface area contributed by atoms with Crippen molar-refractivity contribution < 1.29 is 22.7 Å². The van der Waals surface area contributed by atoms with Crippen LogP contribution in [0.25, 0.3) is 0 Å². The number of morpholine rings is 1. The van der Waals surface area contributed by atoms with E-state index < -0.39 is 10.0 Å². The van der Waals surface area contributed by atoms with Crippen molar-refractivity contribution in [2.75, 3.05) is 42.6 Å². The molecule has 0 unspecified atom stereocenters. The van der Waals surface area contributed by atoms with Crippen molar-refractivity contribution in [3.8, 4) is 5.75 Å². The Morgan fingerprint density at radius 2 is 1.51 bits per heavy atom. The van der Waals surface area contributed by atoms with Crippen LogP contribution in [0.15, 0.2) is 108 Å². The van der Waals surface area contributed by atoms with E-state index in [0.29, 0.717) is 31.2 Å². The van der Waals surface area contributed by atoms with Crippen molar-refractivity contribution in [3.63, 3.8) is 0 Å². The fraction of sp³-hybridized carbons (Fsp3) is 0.219. The van der Waals surface area contributed by atoms with E-state index in [1.165, 1.54) is 23.5 Å². The Balaban J connectivity index is 1.40. The molecule has 4 aromatic rings. The van der Waals surface area contributed by atoms with Gasteiger partial charge < -0.3 is 19.7 Å². The first-order valence-corrected chi connectivity index (χ1v) is 14.9. The first-order valence-electron chi connectivity index (χ1n) is 13.5. The largest absolute Gasteiger partial charge is 0.497 e. The molecule has 1 N–H and O–H groups in total.